The van der Waals surface area contributed by atoms with Crippen molar-refractivity contribution in [3.8, 4) is 17.2 Å². The highest BCUT2D eigenvalue weighted by Gasteiger charge is 2.45. The zero-order valence-electron chi connectivity index (χ0n) is 23.7. The van der Waals surface area contributed by atoms with E-state index in [4.69, 9.17) is 27.9 Å². The number of hydrogen-bond acceptors (Lipinski definition) is 8. The van der Waals surface area contributed by atoms with E-state index in [0.29, 0.717) is 60.5 Å². The second-order valence-corrected chi connectivity index (χ2v) is 12.1. The number of benzene rings is 1. The number of carbonyl (C=O) groups is 2. The summed E-state index contributed by atoms with van der Waals surface area (Å²) in [6, 6.07) is 11.6. The lowest BCUT2D eigenvalue weighted by molar-refractivity contribution is -0.136. The lowest BCUT2D eigenvalue weighted by atomic mass is 9.83. The van der Waals surface area contributed by atoms with E-state index in [2.05, 4.69) is 31.2 Å². The lowest BCUT2D eigenvalue weighted by Gasteiger charge is -2.43. The topological polar surface area (TPSA) is 129 Å². The number of ether oxygens (including phenoxy) is 1. The quantitative estimate of drug-likeness (QED) is 0.307. The maximum atomic E-state index is 13.8. The molecule has 44 heavy (non-hydrogen) atoms. The SMILES string of the molecule is N#CC1CCN(c2ncnc3c2c(-c2cccc(Cl)c2Cl)cn3CC(=O)N2CCC3(CC2)OC(=O)Nc2ncccc23)CC1. The van der Waals surface area contributed by atoms with E-state index >= 15 is 0 Å². The highest BCUT2D eigenvalue weighted by atomic mass is 35.5. The van der Waals surface area contributed by atoms with Gasteiger partial charge in [-0.2, -0.15) is 5.26 Å². The normalized spacial score (nSPS) is 18.1. The van der Waals surface area contributed by atoms with E-state index in [-0.39, 0.29) is 18.4 Å². The van der Waals surface area contributed by atoms with Crippen LogP contribution in [0.4, 0.5) is 16.4 Å². The van der Waals surface area contributed by atoms with Gasteiger partial charge < -0.3 is 19.1 Å². The van der Waals surface area contributed by atoms with Crippen LogP contribution in [0.15, 0.2) is 49.1 Å². The van der Waals surface area contributed by atoms with E-state index in [1.54, 1.807) is 17.2 Å². The smallest absolute Gasteiger partial charge is 0.413 e. The molecule has 1 N–H and O–H groups in total. The number of nitrogens with one attached hydrogen (secondary N) is 1. The second kappa shape index (κ2) is 11.3. The zero-order chi connectivity index (χ0) is 30.4. The standard InChI is InChI=1S/C31H28Cl2N8O3/c32-23-5-1-3-20(26(23)33)21-16-41(29-25(21)28(36-18-37-29)40-11-6-19(15-34)7-12-40)17-24(42)39-13-8-31(9-14-39)22-4-2-10-35-27(22)38-30(43)44-31/h1-5,10,16,18-19H,6-9,11-14,17H2,(H,35,38,43). The number of likely N-dealkylation sites (tertiary alicyclic amines) is 1. The predicted octanol–water partition coefficient (Wildman–Crippen LogP) is 5.62. The molecule has 0 saturated carbocycles. The van der Waals surface area contributed by atoms with Gasteiger partial charge in [-0.05, 0) is 31.0 Å². The molecule has 0 radical (unpaired) electrons. The van der Waals surface area contributed by atoms with Gasteiger partial charge in [0.25, 0.3) is 0 Å². The van der Waals surface area contributed by atoms with Gasteiger partial charge in [-0.15, -0.1) is 0 Å². The molecule has 224 valence electrons. The maximum absolute atomic E-state index is 13.8. The number of anilines is 2. The lowest BCUT2D eigenvalue weighted by Crippen LogP contribution is -2.50. The molecule has 13 heteroatoms. The summed E-state index contributed by atoms with van der Waals surface area (Å²) in [4.78, 5) is 43.6. The van der Waals surface area contributed by atoms with Crippen LogP contribution in [0.2, 0.25) is 10.0 Å². The Morgan fingerprint density at radius 1 is 1.07 bits per heavy atom. The van der Waals surface area contributed by atoms with Gasteiger partial charge in [-0.3, -0.25) is 10.1 Å². The minimum Gasteiger partial charge on any atom is -0.437 e. The molecular formula is C31H28Cl2N8O3. The highest BCUT2D eigenvalue weighted by molar-refractivity contribution is 6.44. The van der Waals surface area contributed by atoms with Crippen molar-refractivity contribution in [3.05, 3.63) is 64.7 Å². The van der Waals surface area contributed by atoms with Crippen molar-refractivity contribution in [1.29, 1.82) is 5.26 Å². The molecule has 7 rings (SSSR count). The van der Waals surface area contributed by atoms with Crippen molar-refractivity contribution in [2.24, 2.45) is 5.92 Å². The number of amides is 2. The van der Waals surface area contributed by atoms with Crippen molar-refractivity contribution in [1.82, 2.24) is 24.4 Å². The van der Waals surface area contributed by atoms with E-state index < -0.39 is 11.7 Å². The highest BCUT2D eigenvalue weighted by Crippen LogP contribution is 2.44. The molecule has 2 amide bonds. The van der Waals surface area contributed by atoms with Crippen molar-refractivity contribution in [2.45, 2.75) is 37.8 Å². The number of nitrogens with zero attached hydrogens (tertiary/aromatic N) is 7. The molecule has 6 heterocycles. The minimum absolute atomic E-state index is 0.0226. The van der Waals surface area contributed by atoms with Crippen molar-refractivity contribution < 1.29 is 14.3 Å². The molecule has 0 atom stereocenters. The number of nitriles is 1. The molecular weight excluding hydrogens is 603 g/mol. The number of hydrogen-bond donors (Lipinski definition) is 1. The Kier molecular flexibility index (Phi) is 7.26. The first-order valence-electron chi connectivity index (χ1n) is 14.5. The third kappa shape index (κ3) is 4.88. The molecule has 0 unspecified atom stereocenters. The molecule has 11 nitrogen and oxygen atoms in total. The molecule has 3 aliphatic heterocycles. The van der Waals surface area contributed by atoms with Crippen LogP contribution < -0.4 is 10.2 Å². The Balaban J connectivity index is 1.20. The van der Waals surface area contributed by atoms with Gasteiger partial charge in [0.2, 0.25) is 5.91 Å². The number of fused-ring (bicyclic) bond motifs is 3. The van der Waals surface area contributed by atoms with Gasteiger partial charge in [0.05, 0.1) is 21.5 Å². The molecule has 2 saturated heterocycles. The molecule has 2 fully saturated rings. The third-order valence-corrected chi connectivity index (χ3v) is 9.71. The molecule has 4 aromatic rings. The second-order valence-electron chi connectivity index (χ2n) is 11.3. The van der Waals surface area contributed by atoms with Gasteiger partial charge >= 0.3 is 6.09 Å². The fourth-order valence-corrected chi connectivity index (χ4v) is 6.97. The summed E-state index contributed by atoms with van der Waals surface area (Å²) in [7, 11) is 0. The minimum atomic E-state index is -0.819. The Morgan fingerprint density at radius 3 is 2.64 bits per heavy atom. The van der Waals surface area contributed by atoms with E-state index in [1.807, 2.05) is 35.0 Å². The summed E-state index contributed by atoms with van der Waals surface area (Å²) in [5, 5.41) is 13.7. The molecule has 0 bridgehead atoms. The average molecular weight is 632 g/mol. The molecule has 0 aliphatic carbocycles. The Labute approximate surface area is 263 Å². The monoisotopic (exact) mass is 630 g/mol. The van der Waals surface area contributed by atoms with Gasteiger partial charge in [-0.1, -0.05) is 35.3 Å². The summed E-state index contributed by atoms with van der Waals surface area (Å²) in [5.41, 5.74) is 2.12. The van der Waals surface area contributed by atoms with E-state index in [9.17, 15) is 14.9 Å². The zero-order valence-corrected chi connectivity index (χ0v) is 25.2. The first kappa shape index (κ1) is 28.4. The van der Waals surface area contributed by atoms with Gasteiger partial charge in [-0.25, -0.2) is 19.7 Å². The van der Waals surface area contributed by atoms with Gasteiger partial charge in [0.1, 0.15) is 35.8 Å². The van der Waals surface area contributed by atoms with E-state index in [1.165, 1.54) is 6.33 Å². The summed E-state index contributed by atoms with van der Waals surface area (Å²) in [5.74, 6) is 1.18. The Bertz CT molecular complexity index is 1820. The summed E-state index contributed by atoms with van der Waals surface area (Å²) < 4.78 is 7.65. The van der Waals surface area contributed by atoms with Crippen LogP contribution in [-0.2, 0) is 21.7 Å². The van der Waals surface area contributed by atoms with Crippen LogP contribution in [0.5, 0.6) is 0 Å². The number of aromatic nitrogens is 4. The Hall–Kier alpha value is -4.40. The van der Waals surface area contributed by atoms with Crippen molar-refractivity contribution in [3.63, 3.8) is 0 Å². The first-order chi connectivity index (χ1) is 21.4. The maximum Gasteiger partial charge on any atom is 0.413 e. The first-order valence-corrected chi connectivity index (χ1v) is 15.3. The van der Waals surface area contributed by atoms with Crippen LogP contribution in [-0.4, -0.2) is 62.6 Å². The average Bonchev–Trinajstić information content (AvgIpc) is 3.40. The molecule has 1 aromatic carbocycles. The molecule has 3 aliphatic rings. The number of carbonyl (C=O) groups excluding carboxylic acids is 2. The number of pyridine rings is 1. The largest absolute Gasteiger partial charge is 0.437 e. The summed E-state index contributed by atoms with van der Waals surface area (Å²) in [6.07, 6.45) is 6.92. The van der Waals surface area contributed by atoms with Gasteiger partial charge in [0, 0.05) is 74.0 Å². The fourth-order valence-electron chi connectivity index (χ4n) is 6.57. The van der Waals surface area contributed by atoms with Crippen LogP contribution in [0.25, 0.3) is 22.2 Å². The molecule has 3 aromatic heterocycles. The van der Waals surface area contributed by atoms with Crippen molar-refractivity contribution in [2.75, 3.05) is 36.4 Å². The molecule has 1 spiro atoms. The number of halogens is 2. The van der Waals surface area contributed by atoms with Crippen LogP contribution in [0.3, 0.4) is 0 Å². The predicted molar refractivity (Wildman–Crippen MR) is 165 cm³/mol. The summed E-state index contributed by atoms with van der Waals surface area (Å²) >= 11 is 13.1. The van der Waals surface area contributed by atoms with Gasteiger partial charge in [0.15, 0.2) is 0 Å². The fraction of sp³-hybridized carbons (Fsp3) is 0.355. The van der Waals surface area contributed by atoms with Crippen molar-refractivity contribution >= 4 is 57.9 Å². The number of rotatable bonds is 4. The van der Waals surface area contributed by atoms with Crippen LogP contribution in [0.1, 0.15) is 31.2 Å². The third-order valence-electron chi connectivity index (χ3n) is 8.89. The number of piperidine rings is 2. The summed E-state index contributed by atoms with van der Waals surface area (Å²) in [6.45, 7) is 2.26. The Morgan fingerprint density at radius 2 is 1.86 bits per heavy atom. The van der Waals surface area contributed by atoms with E-state index in [0.717, 1.165) is 40.7 Å². The van der Waals surface area contributed by atoms with Crippen LogP contribution >= 0.6 is 23.2 Å². The van der Waals surface area contributed by atoms with Crippen LogP contribution in [0, 0.1) is 17.2 Å².